The van der Waals surface area contributed by atoms with Crippen LogP contribution in [0, 0.1) is 0 Å². The predicted molar refractivity (Wildman–Crippen MR) is 90.2 cm³/mol. The molecule has 3 rings (SSSR count). The van der Waals surface area contributed by atoms with E-state index in [2.05, 4.69) is 9.97 Å². The summed E-state index contributed by atoms with van der Waals surface area (Å²) >= 11 is 0. The average Bonchev–Trinajstić information content (AvgIpc) is 2.62. The molecule has 1 aromatic carbocycles. The molecule has 2 amide bonds. The molecule has 0 spiro atoms. The van der Waals surface area contributed by atoms with Crippen LogP contribution >= 0.6 is 0 Å². The largest absolute Gasteiger partial charge is 0.366 e. The number of carbonyl (C=O) groups is 2. The van der Waals surface area contributed by atoms with E-state index in [0.717, 1.165) is 36.3 Å². The molecule has 1 unspecified atom stereocenters. The molecule has 0 bridgehead atoms. The quantitative estimate of drug-likeness (QED) is 0.934. The van der Waals surface area contributed by atoms with E-state index >= 15 is 0 Å². The molecule has 1 aliphatic rings. The van der Waals surface area contributed by atoms with Gasteiger partial charge in [-0.05, 0) is 25.0 Å². The zero-order chi connectivity index (χ0) is 17.1. The van der Waals surface area contributed by atoms with E-state index in [4.69, 9.17) is 5.73 Å². The molecule has 6 heteroatoms. The van der Waals surface area contributed by atoms with Gasteiger partial charge < -0.3 is 10.6 Å². The summed E-state index contributed by atoms with van der Waals surface area (Å²) in [4.78, 5) is 34.0. The molecule has 1 aromatic heterocycles. The Balaban J connectivity index is 1.98. The molecule has 24 heavy (non-hydrogen) atoms. The highest BCUT2D eigenvalue weighted by molar-refractivity contribution is 5.94. The first-order chi connectivity index (χ1) is 11.6. The van der Waals surface area contributed by atoms with Crippen molar-refractivity contribution in [2.45, 2.75) is 25.7 Å². The zero-order valence-electron chi connectivity index (χ0n) is 13.6. The number of hydrogen-bond acceptors (Lipinski definition) is 4. The first-order valence-electron chi connectivity index (χ1n) is 8.03. The Hall–Kier alpha value is -2.76. The van der Waals surface area contributed by atoms with Gasteiger partial charge in [0, 0.05) is 49.5 Å². The van der Waals surface area contributed by atoms with Gasteiger partial charge in [-0.25, -0.2) is 0 Å². The molecule has 1 atom stereocenters. The molecule has 1 fully saturated rings. The second kappa shape index (κ2) is 6.78. The Morgan fingerprint density at radius 2 is 2.04 bits per heavy atom. The number of hydrogen-bond donors (Lipinski definition) is 1. The summed E-state index contributed by atoms with van der Waals surface area (Å²) in [5, 5.41) is 0. The van der Waals surface area contributed by atoms with Crippen LogP contribution in [0.2, 0.25) is 0 Å². The second-order valence-corrected chi connectivity index (χ2v) is 6.04. The number of amides is 2. The van der Waals surface area contributed by atoms with Gasteiger partial charge in [0.15, 0.2) is 0 Å². The van der Waals surface area contributed by atoms with Gasteiger partial charge >= 0.3 is 0 Å². The van der Waals surface area contributed by atoms with Crippen molar-refractivity contribution < 1.29 is 9.59 Å². The fourth-order valence-electron chi connectivity index (χ4n) is 3.18. The summed E-state index contributed by atoms with van der Waals surface area (Å²) in [7, 11) is 0. The van der Waals surface area contributed by atoms with Crippen molar-refractivity contribution in [1.82, 2.24) is 14.9 Å². The standard InChI is InChI=1S/C18H20N4O2/c1-12(23)22-9-3-6-15(11-22)17-16(20-7-8-21-17)13-4-2-5-14(10-13)18(19)24/h2,4-5,7-8,10,15H,3,6,9,11H2,1H3,(H2,19,24). The van der Waals surface area contributed by atoms with E-state index in [9.17, 15) is 9.59 Å². The minimum Gasteiger partial charge on any atom is -0.366 e. The van der Waals surface area contributed by atoms with Crippen molar-refractivity contribution in [2.75, 3.05) is 13.1 Å². The van der Waals surface area contributed by atoms with E-state index in [1.54, 1.807) is 37.5 Å². The smallest absolute Gasteiger partial charge is 0.248 e. The van der Waals surface area contributed by atoms with Crippen molar-refractivity contribution in [3.63, 3.8) is 0 Å². The maximum atomic E-state index is 11.7. The number of nitrogens with two attached hydrogens (primary N) is 1. The summed E-state index contributed by atoms with van der Waals surface area (Å²) in [6.45, 7) is 3.03. The topological polar surface area (TPSA) is 89.2 Å². The lowest BCUT2D eigenvalue weighted by Crippen LogP contribution is -2.38. The van der Waals surface area contributed by atoms with Crippen LogP contribution in [-0.2, 0) is 4.79 Å². The van der Waals surface area contributed by atoms with Crippen molar-refractivity contribution in [1.29, 1.82) is 0 Å². The number of benzene rings is 1. The van der Waals surface area contributed by atoms with Crippen LogP contribution < -0.4 is 5.73 Å². The Labute approximate surface area is 140 Å². The summed E-state index contributed by atoms with van der Waals surface area (Å²) in [6.07, 6.45) is 5.22. The van der Waals surface area contributed by atoms with Crippen LogP contribution in [-0.4, -0.2) is 39.8 Å². The van der Waals surface area contributed by atoms with Gasteiger partial charge in [-0.1, -0.05) is 12.1 Å². The van der Waals surface area contributed by atoms with Gasteiger partial charge in [-0.2, -0.15) is 0 Å². The molecule has 1 saturated heterocycles. The molecule has 124 valence electrons. The first-order valence-corrected chi connectivity index (χ1v) is 8.03. The van der Waals surface area contributed by atoms with E-state index in [1.165, 1.54) is 0 Å². The van der Waals surface area contributed by atoms with Crippen molar-refractivity contribution in [3.05, 3.63) is 47.9 Å². The Morgan fingerprint density at radius 3 is 2.79 bits per heavy atom. The van der Waals surface area contributed by atoms with Gasteiger partial charge in [-0.15, -0.1) is 0 Å². The molecule has 0 aliphatic carbocycles. The second-order valence-electron chi connectivity index (χ2n) is 6.04. The normalized spacial score (nSPS) is 17.5. The number of likely N-dealkylation sites (tertiary alicyclic amines) is 1. The molecular weight excluding hydrogens is 304 g/mol. The SMILES string of the molecule is CC(=O)N1CCCC(c2nccnc2-c2cccc(C(N)=O)c2)C1. The molecule has 1 aliphatic heterocycles. The number of rotatable bonds is 3. The molecule has 6 nitrogen and oxygen atoms in total. The summed E-state index contributed by atoms with van der Waals surface area (Å²) in [5.41, 5.74) is 8.24. The van der Waals surface area contributed by atoms with E-state index < -0.39 is 5.91 Å². The van der Waals surface area contributed by atoms with Gasteiger partial charge in [0.2, 0.25) is 11.8 Å². The minimum atomic E-state index is -0.470. The lowest BCUT2D eigenvalue weighted by atomic mass is 9.91. The monoisotopic (exact) mass is 324 g/mol. The van der Waals surface area contributed by atoms with E-state index in [0.29, 0.717) is 12.1 Å². The molecule has 2 heterocycles. The maximum absolute atomic E-state index is 11.7. The van der Waals surface area contributed by atoms with Crippen LogP contribution in [0.1, 0.15) is 41.7 Å². The van der Waals surface area contributed by atoms with E-state index in [1.807, 2.05) is 11.0 Å². The van der Waals surface area contributed by atoms with Crippen LogP contribution in [0.4, 0.5) is 0 Å². The maximum Gasteiger partial charge on any atom is 0.248 e. The summed E-state index contributed by atoms with van der Waals surface area (Å²) in [5.74, 6) is -0.243. The third kappa shape index (κ3) is 3.27. The summed E-state index contributed by atoms with van der Waals surface area (Å²) in [6, 6.07) is 7.10. The fourth-order valence-corrected chi connectivity index (χ4v) is 3.18. The molecule has 2 aromatic rings. The van der Waals surface area contributed by atoms with Crippen LogP contribution in [0.5, 0.6) is 0 Å². The number of carbonyl (C=O) groups excluding carboxylic acids is 2. The van der Waals surface area contributed by atoms with Crippen LogP contribution in [0.25, 0.3) is 11.3 Å². The molecule has 0 saturated carbocycles. The van der Waals surface area contributed by atoms with Gasteiger partial charge in [0.1, 0.15) is 0 Å². The third-order valence-corrected chi connectivity index (χ3v) is 4.40. The van der Waals surface area contributed by atoms with Crippen LogP contribution in [0.15, 0.2) is 36.7 Å². The number of aromatic nitrogens is 2. The van der Waals surface area contributed by atoms with E-state index in [-0.39, 0.29) is 11.8 Å². The van der Waals surface area contributed by atoms with Crippen molar-refractivity contribution in [3.8, 4) is 11.3 Å². The van der Waals surface area contributed by atoms with Gasteiger partial charge in [0.05, 0.1) is 11.4 Å². The predicted octanol–water partition coefficient (Wildman–Crippen LogP) is 1.97. The molecule has 2 N–H and O–H groups in total. The highest BCUT2D eigenvalue weighted by atomic mass is 16.2. The number of primary amides is 1. The fraction of sp³-hybridized carbons (Fsp3) is 0.333. The number of nitrogens with zero attached hydrogens (tertiary/aromatic N) is 3. The van der Waals surface area contributed by atoms with Crippen molar-refractivity contribution >= 4 is 11.8 Å². The highest BCUT2D eigenvalue weighted by Crippen LogP contribution is 2.32. The van der Waals surface area contributed by atoms with Gasteiger partial charge in [0.25, 0.3) is 0 Å². The molecule has 0 radical (unpaired) electrons. The first kappa shape index (κ1) is 16.1. The Bertz CT molecular complexity index is 775. The average molecular weight is 324 g/mol. The molecular formula is C18H20N4O2. The van der Waals surface area contributed by atoms with Gasteiger partial charge in [-0.3, -0.25) is 19.6 Å². The Kier molecular flexibility index (Phi) is 4.55. The lowest BCUT2D eigenvalue weighted by Gasteiger charge is -2.32. The minimum absolute atomic E-state index is 0.0841. The van der Waals surface area contributed by atoms with Crippen LogP contribution in [0.3, 0.4) is 0 Å². The zero-order valence-corrected chi connectivity index (χ0v) is 13.6. The van der Waals surface area contributed by atoms with Crippen molar-refractivity contribution in [2.24, 2.45) is 5.73 Å². The number of piperidine rings is 1. The lowest BCUT2D eigenvalue weighted by molar-refractivity contribution is -0.130. The Morgan fingerprint density at radius 1 is 1.25 bits per heavy atom. The highest BCUT2D eigenvalue weighted by Gasteiger charge is 2.26. The third-order valence-electron chi connectivity index (χ3n) is 4.40. The summed E-state index contributed by atoms with van der Waals surface area (Å²) < 4.78 is 0.